The largest absolute Gasteiger partial charge is 0.268 e. The van der Waals surface area contributed by atoms with Crippen molar-refractivity contribution in [3.05, 3.63) is 11.6 Å². The molecule has 17 heavy (non-hydrogen) atoms. The Hall–Kier alpha value is -0.340. The van der Waals surface area contributed by atoms with Crippen molar-refractivity contribution in [2.75, 3.05) is 13.1 Å². The summed E-state index contributed by atoms with van der Waals surface area (Å²) in [5, 5.41) is 1.96. The minimum Gasteiger partial charge on any atom is -0.268 e. The van der Waals surface area contributed by atoms with Crippen LogP contribution in [0.25, 0.3) is 0 Å². The Balaban J connectivity index is 1.64. The van der Waals surface area contributed by atoms with Crippen LogP contribution in [-0.4, -0.2) is 18.1 Å². The van der Waals surface area contributed by atoms with Gasteiger partial charge in [0.05, 0.1) is 0 Å². The van der Waals surface area contributed by atoms with Crippen molar-refractivity contribution in [1.29, 1.82) is 0 Å². The van der Waals surface area contributed by atoms with Gasteiger partial charge in [-0.05, 0) is 68.1 Å². The molecule has 2 heteroatoms. The van der Waals surface area contributed by atoms with E-state index >= 15 is 0 Å². The Morgan fingerprint density at radius 3 is 2.12 bits per heavy atom. The van der Waals surface area contributed by atoms with Crippen molar-refractivity contribution in [1.82, 2.24) is 5.01 Å². The van der Waals surface area contributed by atoms with Crippen molar-refractivity contribution in [2.45, 2.75) is 44.9 Å². The minimum atomic E-state index is 0.635. The number of hydrazine groups is 1. The first-order valence-corrected chi connectivity index (χ1v) is 7.43. The molecule has 2 nitrogen and oxygen atoms in total. The van der Waals surface area contributed by atoms with Crippen molar-refractivity contribution in [3.63, 3.8) is 0 Å². The fourth-order valence-corrected chi connectivity index (χ4v) is 5.67. The highest BCUT2D eigenvalue weighted by atomic mass is 15.4. The highest BCUT2D eigenvalue weighted by molar-refractivity contribution is 5.22. The second-order valence-electron chi connectivity index (χ2n) is 7.17. The van der Waals surface area contributed by atoms with Gasteiger partial charge in [0, 0.05) is 13.1 Å². The van der Waals surface area contributed by atoms with E-state index < -0.39 is 0 Å². The quantitative estimate of drug-likeness (QED) is 0.556. The Labute approximate surface area is 104 Å². The average molecular weight is 232 g/mol. The van der Waals surface area contributed by atoms with Gasteiger partial charge in [-0.25, -0.2) is 5.01 Å². The molecule has 0 aromatic rings. The van der Waals surface area contributed by atoms with Gasteiger partial charge in [0.2, 0.25) is 0 Å². The summed E-state index contributed by atoms with van der Waals surface area (Å²) in [6.45, 7) is 2.06. The number of hydrogen-bond donors (Lipinski definition) is 1. The molecule has 4 fully saturated rings. The SMILES string of the molecule is NN1CC=C(C23CC4CC(CC(C4)C2)C3)CC1. The van der Waals surface area contributed by atoms with Gasteiger partial charge in [-0.15, -0.1) is 0 Å². The van der Waals surface area contributed by atoms with Gasteiger partial charge in [-0.3, -0.25) is 5.84 Å². The third-order valence-electron chi connectivity index (χ3n) is 5.96. The molecule has 0 aromatic carbocycles. The van der Waals surface area contributed by atoms with Crippen molar-refractivity contribution < 1.29 is 0 Å². The zero-order chi connectivity index (χ0) is 11.5. The summed E-state index contributed by atoms with van der Waals surface area (Å²) in [7, 11) is 0. The van der Waals surface area contributed by atoms with E-state index in [0.717, 1.165) is 30.8 Å². The predicted molar refractivity (Wildman–Crippen MR) is 69.1 cm³/mol. The van der Waals surface area contributed by atoms with Crippen LogP contribution < -0.4 is 5.84 Å². The third kappa shape index (κ3) is 1.61. The monoisotopic (exact) mass is 232 g/mol. The van der Waals surface area contributed by atoms with Gasteiger partial charge in [0.15, 0.2) is 0 Å². The van der Waals surface area contributed by atoms with E-state index in [-0.39, 0.29) is 0 Å². The first-order valence-electron chi connectivity index (χ1n) is 7.43. The van der Waals surface area contributed by atoms with Gasteiger partial charge >= 0.3 is 0 Å². The van der Waals surface area contributed by atoms with E-state index in [1.54, 1.807) is 24.8 Å². The first-order chi connectivity index (χ1) is 8.23. The molecule has 94 valence electrons. The highest BCUT2D eigenvalue weighted by Gasteiger charge is 2.52. The van der Waals surface area contributed by atoms with Crippen LogP contribution in [0, 0.1) is 23.2 Å². The first kappa shape index (κ1) is 10.6. The van der Waals surface area contributed by atoms with Gasteiger partial charge in [-0.2, -0.15) is 0 Å². The molecule has 0 saturated heterocycles. The summed E-state index contributed by atoms with van der Waals surface area (Å²) in [4.78, 5) is 0. The minimum absolute atomic E-state index is 0.635. The maximum atomic E-state index is 5.88. The summed E-state index contributed by atoms with van der Waals surface area (Å²) < 4.78 is 0. The predicted octanol–water partition coefficient (Wildman–Crippen LogP) is 2.71. The lowest BCUT2D eigenvalue weighted by atomic mass is 9.47. The number of nitrogens with two attached hydrogens (primary N) is 1. The molecule has 2 N–H and O–H groups in total. The molecule has 4 aliphatic carbocycles. The fourth-order valence-electron chi connectivity index (χ4n) is 5.67. The van der Waals surface area contributed by atoms with Gasteiger partial charge in [0.1, 0.15) is 0 Å². The van der Waals surface area contributed by atoms with Gasteiger partial charge in [-0.1, -0.05) is 11.6 Å². The molecule has 0 radical (unpaired) electrons. The zero-order valence-corrected chi connectivity index (χ0v) is 10.7. The van der Waals surface area contributed by atoms with Crippen LogP contribution in [0.5, 0.6) is 0 Å². The molecular weight excluding hydrogens is 208 g/mol. The molecule has 0 unspecified atom stereocenters. The maximum Gasteiger partial charge on any atom is 0.0312 e. The standard InChI is InChI=1S/C15H24N2/c16-17-3-1-14(2-4-17)15-8-11-5-12(9-15)7-13(6-11)10-15/h1,11-13H,2-10,16H2. The van der Waals surface area contributed by atoms with Crippen LogP contribution in [0.15, 0.2) is 11.6 Å². The molecular formula is C15H24N2. The molecule has 0 atom stereocenters. The highest BCUT2D eigenvalue weighted by Crippen LogP contribution is 2.63. The Kier molecular flexibility index (Phi) is 2.23. The third-order valence-corrected chi connectivity index (χ3v) is 5.96. The summed E-state index contributed by atoms with van der Waals surface area (Å²) in [5.41, 5.74) is 2.43. The molecule has 4 saturated carbocycles. The molecule has 1 aliphatic heterocycles. The smallest absolute Gasteiger partial charge is 0.0312 e. The van der Waals surface area contributed by atoms with E-state index in [1.165, 1.54) is 25.7 Å². The molecule has 0 amide bonds. The van der Waals surface area contributed by atoms with Crippen LogP contribution in [0.1, 0.15) is 44.9 Å². The molecule has 0 spiro atoms. The zero-order valence-electron chi connectivity index (χ0n) is 10.7. The number of rotatable bonds is 1. The van der Waals surface area contributed by atoms with E-state index in [0.29, 0.717) is 5.41 Å². The number of nitrogens with zero attached hydrogens (tertiary/aromatic N) is 1. The van der Waals surface area contributed by atoms with Gasteiger partial charge < -0.3 is 0 Å². The van der Waals surface area contributed by atoms with Crippen LogP contribution >= 0.6 is 0 Å². The second kappa shape index (κ2) is 3.58. The van der Waals surface area contributed by atoms with Gasteiger partial charge in [0.25, 0.3) is 0 Å². The molecule has 0 aromatic heterocycles. The van der Waals surface area contributed by atoms with E-state index in [2.05, 4.69) is 6.08 Å². The second-order valence-corrected chi connectivity index (χ2v) is 7.17. The Morgan fingerprint density at radius 1 is 1.06 bits per heavy atom. The Bertz CT molecular complexity index is 323. The lowest BCUT2D eigenvalue weighted by molar-refractivity contribution is -0.0337. The van der Waals surface area contributed by atoms with Crippen LogP contribution in [0.2, 0.25) is 0 Å². The van der Waals surface area contributed by atoms with Crippen molar-refractivity contribution in [3.8, 4) is 0 Å². The maximum absolute atomic E-state index is 5.88. The molecule has 1 heterocycles. The van der Waals surface area contributed by atoms with Crippen LogP contribution in [-0.2, 0) is 0 Å². The van der Waals surface area contributed by atoms with E-state index in [9.17, 15) is 0 Å². The normalized spacial score (nSPS) is 49.5. The molecule has 4 bridgehead atoms. The summed E-state index contributed by atoms with van der Waals surface area (Å²) in [6.07, 6.45) is 12.9. The lowest BCUT2D eigenvalue weighted by Gasteiger charge is -2.58. The summed E-state index contributed by atoms with van der Waals surface area (Å²) in [5.74, 6) is 9.08. The lowest BCUT2D eigenvalue weighted by Crippen LogP contribution is -2.48. The molecule has 5 rings (SSSR count). The average Bonchev–Trinajstić information content (AvgIpc) is 2.27. The van der Waals surface area contributed by atoms with Crippen LogP contribution in [0.4, 0.5) is 0 Å². The Morgan fingerprint density at radius 2 is 1.65 bits per heavy atom. The van der Waals surface area contributed by atoms with E-state index in [4.69, 9.17) is 5.84 Å². The number of hydrogen-bond acceptors (Lipinski definition) is 2. The summed E-state index contributed by atoms with van der Waals surface area (Å²) in [6, 6.07) is 0. The van der Waals surface area contributed by atoms with Crippen molar-refractivity contribution >= 4 is 0 Å². The van der Waals surface area contributed by atoms with Crippen LogP contribution in [0.3, 0.4) is 0 Å². The van der Waals surface area contributed by atoms with Crippen molar-refractivity contribution in [2.24, 2.45) is 29.0 Å². The summed E-state index contributed by atoms with van der Waals surface area (Å²) >= 11 is 0. The molecule has 5 aliphatic rings. The topological polar surface area (TPSA) is 29.3 Å². The fraction of sp³-hybridized carbons (Fsp3) is 0.867. The van der Waals surface area contributed by atoms with E-state index in [1.807, 2.05) is 5.01 Å².